The summed E-state index contributed by atoms with van der Waals surface area (Å²) >= 11 is 0.869. The normalized spacial score (nSPS) is 10.8. The molecule has 0 fully saturated rings. The van der Waals surface area contributed by atoms with Gasteiger partial charge in [-0.2, -0.15) is 0 Å². The minimum atomic E-state index is -0.851. The molecule has 3 aromatic rings. The Morgan fingerprint density at radius 2 is 1.88 bits per heavy atom. The maximum Gasteiger partial charge on any atom is 0.349 e. The predicted molar refractivity (Wildman–Crippen MR) is 123 cm³/mol. The number of anilines is 1. The van der Waals surface area contributed by atoms with Gasteiger partial charge >= 0.3 is 17.6 Å². The number of hydrogen-bond acceptors (Lipinski definition) is 9. The number of rotatable bonds is 7. The lowest BCUT2D eigenvalue weighted by Gasteiger charge is -2.08. The SMILES string of the molecule is CCOC(=O)c1c(NC(=O)c2cc3cc(OC)ccc3oc2=O)sc(C(=O)OC(C)C)c1C. The second-order valence-corrected chi connectivity index (χ2v) is 8.26. The summed E-state index contributed by atoms with van der Waals surface area (Å²) < 4.78 is 20.7. The van der Waals surface area contributed by atoms with Crippen molar-refractivity contribution in [3.63, 3.8) is 0 Å². The molecule has 2 aromatic heterocycles. The van der Waals surface area contributed by atoms with E-state index in [1.165, 1.54) is 13.2 Å². The average molecular weight is 474 g/mol. The standard InChI is InChI=1S/C23H23NO8S/c1-6-30-22(27)17-12(4)18(23(28)31-11(2)3)33-20(17)24-19(25)15-10-13-9-14(29-5)7-8-16(13)32-21(15)26/h7-11H,6H2,1-5H3,(H,24,25). The predicted octanol–water partition coefficient (Wildman–Crippen LogP) is 4.17. The van der Waals surface area contributed by atoms with Crippen molar-refractivity contribution < 1.29 is 33.0 Å². The van der Waals surface area contributed by atoms with E-state index in [2.05, 4.69) is 5.32 Å². The van der Waals surface area contributed by atoms with Gasteiger partial charge in [-0.25, -0.2) is 14.4 Å². The second-order valence-electron chi connectivity index (χ2n) is 7.24. The number of carbonyl (C=O) groups excluding carboxylic acids is 3. The van der Waals surface area contributed by atoms with Crippen molar-refractivity contribution in [1.82, 2.24) is 0 Å². The van der Waals surface area contributed by atoms with E-state index in [-0.39, 0.29) is 39.3 Å². The molecule has 33 heavy (non-hydrogen) atoms. The highest BCUT2D eigenvalue weighted by molar-refractivity contribution is 7.18. The summed E-state index contributed by atoms with van der Waals surface area (Å²) in [6.45, 7) is 6.70. The van der Waals surface area contributed by atoms with Crippen LogP contribution in [0.1, 0.15) is 56.7 Å². The van der Waals surface area contributed by atoms with E-state index in [4.69, 9.17) is 18.6 Å². The van der Waals surface area contributed by atoms with Crippen LogP contribution in [0.3, 0.4) is 0 Å². The topological polar surface area (TPSA) is 121 Å². The average Bonchev–Trinajstić information content (AvgIpc) is 3.08. The van der Waals surface area contributed by atoms with Gasteiger partial charge in [0, 0.05) is 5.39 Å². The van der Waals surface area contributed by atoms with Crippen molar-refractivity contribution in [1.29, 1.82) is 0 Å². The molecular weight excluding hydrogens is 450 g/mol. The van der Waals surface area contributed by atoms with Crippen LogP contribution in [-0.2, 0) is 9.47 Å². The highest BCUT2D eigenvalue weighted by atomic mass is 32.1. The van der Waals surface area contributed by atoms with Crippen LogP contribution in [0.5, 0.6) is 5.75 Å². The van der Waals surface area contributed by atoms with Gasteiger partial charge in [-0.15, -0.1) is 11.3 Å². The number of ether oxygens (including phenoxy) is 3. The summed E-state index contributed by atoms with van der Waals surface area (Å²) in [7, 11) is 1.49. The highest BCUT2D eigenvalue weighted by Crippen LogP contribution is 2.35. The molecule has 0 unspecified atom stereocenters. The fraction of sp³-hybridized carbons (Fsp3) is 0.304. The number of nitrogens with one attached hydrogen (secondary N) is 1. The van der Waals surface area contributed by atoms with Crippen LogP contribution in [0.25, 0.3) is 11.0 Å². The summed E-state index contributed by atoms with van der Waals surface area (Å²) in [6, 6.07) is 6.18. The monoisotopic (exact) mass is 473 g/mol. The van der Waals surface area contributed by atoms with Gasteiger partial charge in [0.25, 0.3) is 5.91 Å². The molecule has 0 saturated heterocycles. The lowest BCUT2D eigenvalue weighted by atomic mass is 10.1. The minimum Gasteiger partial charge on any atom is -0.497 e. The highest BCUT2D eigenvalue weighted by Gasteiger charge is 2.28. The van der Waals surface area contributed by atoms with Crippen LogP contribution < -0.4 is 15.7 Å². The molecule has 3 rings (SSSR count). The first kappa shape index (κ1) is 24.0. The molecule has 0 spiro atoms. The Hall–Kier alpha value is -3.66. The fourth-order valence-corrected chi connectivity index (χ4v) is 4.14. The number of hydrogen-bond donors (Lipinski definition) is 1. The molecule has 0 saturated carbocycles. The number of amides is 1. The first-order chi connectivity index (χ1) is 15.7. The van der Waals surface area contributed by atoms with Crippen molar-refractivity contribution in [2.75, 3.05) is 19.0 Å². The maximum atomic E-state index is 13.0. The number of carbonyl (C=O) groups is 3. The fourth-order valence-electron chi connectivity index (χ4n) is 3.07. The number of methoxy groups -OCH3 is 1. The third-order valence-corrected chi connectivity index (χ3v) is 5.75. The van der Waals surface area contributed by atoms with E-state index >= 15 is 0 Å². The molecule has 0 aliphatic heterocycles. The van der Waals surface area contributed by atoms with Crippen LogP contribution >= 0.6 is 11.3 Å². The first-order valence-electron chi connectivity index (χ1n) is 10.1. The zero-order valence-corrected chi connectivity index (χ0v) is 19.6. The second kappa shape index (κ2) is 9.86. The maximum absolute atomic E-state index is 13.0. The van der Waals surface area contributed by atoms with Gasteiger partial charge in [0.1, 0.15) is 26.8 Å². The van der Waals surface area contributed by atoms with Gasteiger partial charge in [0.05, 0.1) is 25.4 Å². The molecule has 0 aliphatic rings. The summed E-state index contributed by atoms with van der Waals surface area (Å²) in [4.78, 5) is 50.6. The molecule has 1 aromatic carbocycles. The number of thiophene rings is 1. The van der Waals surface area contributed by atoms with Crippen molar-refractivity contribution in [2.45, 2.75) is 33.8 Å². The van der Waals surface area contributed by atoms with E-state index in [1.54, 1.807) is 45.9 Å². The number of fused-ring (bicyclic) bond motifs is 1. The van der Waals surface area contributed by atoms with Crippen molar-refractivity contribution in [3.8, 4) is 5.75 Å². The van der Waals surface area contributed by atoms with E-state index in [1.807, 2.05) is 0 Å². The third-order valence-electron chi connectivity index (χ3n) is 4.57. The summed E-state index contributed by atoms with van der Waals surface area (Å²) in [5.74, 6) is -1.62. The molecule has 0 atom stereocenters. The third kappa shape index (κ3) is 5.06. The molecule has 0 bridgehead atoms. The molecule has 10 heteroatoms. The molecule has 0 aliphatic carbocycles. The molecule has 0 radical (unpaired) electrons. The lowest BCUT2D eigenvalue weighted by molar-refractivity contribution is 0.0383. The first-order valence-corrected chi connectivity index (χ1v) is 10.9. The molecule has 9 nitrogen and oxygen atoms in total. The number of benzene rings is 1. The Morgan fingerprint density at radius 1 is 1.15 bits per heavy atom. The van der Waals surface area contributed by atoms with Gasteiger partial charge in [-0.05, 0) is 57.5 Å². The summed E-state index contributed by atoms with van der Waals surface area (Å²) in [5, 5.41) is 3.10. The molecule has 1 amide bonds. The zero-order chi connectivity index (χ0) is 24.3. The van der Waals surface area contributed by atoms with Gasteiger partial charge in [0.2, 0.25) is 0 Å². The van der Waals surface area contributed by atoms with Gasteiger partial charge in [-0.1, -0.05) is 0 Å². The Kier molecular flexibility index (Phi) is 7.17. The smallest absolute Gasteiger partial charge is 0.349 e. The molecule has 174 valence electrons. The van der Waals surface area contributed by atoms with Crippen molar-refractivity contribution in [3.05, 3.63) is 56.3 Å². The van der Waals surface area contributed by atoms with Crippen LogP contribution in [0.2, 0.25) is 0 Å². The Bertz CT molecular complexity index is 1290. The van der Waals surface area contributed by atoms with Crippen LogP contribution in [0.4, 0.5) is 5.00 Å². The van der Waals surface area contributed by atoms with E-state index < -0.39 is 23.5 Å². The van der Waals surface area contributed by atoms with E-state index in [0.29, 0.717) is 16.7 Å². The van der Waals surface area contributed by atoms with Gasteiger partial charge < -0.3 is 23.9 Å². The molecule has 1 N–H and O–H groups in total. The zero-order valence-electron chi connectivity index (χ0n) is 18.8. The van der Waals surface area contributed by atoms with E-state index in [9.17, 15) is 19.2 Å². The van der Waals surface area contributed by atoms with Gasteiger partial charge in [-0.3, -0.25) is 4.79 Å². The summed E-state index contributed by atoms with van der Waals surface area (Å²) in [6.07, 6.45) is -0.373. The Labute approximate surface area is 193 Å². The largest absolute Gasteiger partial charge is 0.497 e. The van der Waals surface area contributed by atoms with Crippen LogP contribution in [0, 0.1) is 6.92 Å². The summed E-state index contributed by atoms with van der Waals surface area (Å²) in [5.41, 5.74) is -0.499. The van der Waals surface area contributed by atoms with Crippen molar-refractivity contribution in [2.24, 2.45) is 0 Å². The lowest BCUT2D eigenvalue weighted by Crippen LogP contribution is -2.21. The van der Waals surface area contributed by atoms with E-state index in [0.717, 1.165) is 11.3 Å². The Balaban J connectivity index is 2.03. The minimum absolute atomic E-state index is 0.0257. The van der Waals surface area contributed by atoms with Gasteiger partial charge in [0.15, 0.2) is 0 Å². The number of esters is 2. The Morgan fingerprint density at radius 3 is 2.52 bits per heavy atom. The van der Waals surface area contributed by atoms with Crippen LogP contribution in [0.15, 0.2) is 33.5 Å². The van der Waals surface area contributed by atoms with Crippen molar-refractivity contribution >= 4 is 45.2 Å². The van der Waals surface area contributed by atoms with Crippen LogP contribution in [-0.4, -0.2) is 37.7 Å². The molecule has 2 heterocycles. The quantitative estimate of drug-likeness (QED) is 0.401. The molecular formula is C23H23NO8S.